The molecule has 0 aromatic heterocycles. The van der Waals surface area contributed by atoms with E-state index in [1.54, 1.807) is 11.0 Å². The molecule has 0 aliphatic carbocycles. The number of amides is 1. The number of nitrogens with zero attached hydrogens (tertiary/aromatic N) is 2. The van der Waals surface area contributed by atoms with Crippen LogP contribution in [0, 0.1) is 0 Å². The highest BCUT2D eigenvalue weighted by atomic mass is 32.2. The molecule has 8 heteroatoms. The maximum atomic E-state index is 13.5. The number of rotatable bonds is 5. The highest BCUT2D eigenvalue weighted by Gasteiger charge is 2.36. The predicted molar refractivity (Wildman–Crippen MR) is 133 cm³/mol. The molecule has 1 amide bonds. The number of sulfonamides is 1. The van der Waals surface area contributed by atoms with E-state index in [0.29, 0.717) is 18.7 Å². The number of hydrogen-bond acceptors (Lipinski definition) is 5. The lowest BCUT2D eigenvalue weighted by atomic mass is 10.0. The van der Waals surface area contributed by atoms with E-state index in [2.05, 4.69) is 0 Å². The summed E-state index contributed by atoms with van der Waals surface area (Å²) in [4.78, 5) is 27.2. The van der Waals surface area contributed by atoms with E-state index in [0.717, 1.165) is 29.7 Å². The summed E-state index contributed by atoms with van der Waals surface area (Å²) in [6, 6.07) is 20.7. The average Bonchev–Trinajstić information content (AvgIpc) is 3.23. The van der Waals surface area contributed by atoms with Crippen molar-refractivity contribution >= 4 is 33.3 Å². The highest BCUT2D eigenvalue weighted by Crippen LogP contribution is 2.36. The zero-order valence-corrected chi connectivity index (χ0v) is 20.2. The molecule has 0 radical (unpaired) electrons. The van der Waals surface area contributed by atoms with Crippen molar-refractivity contribution in [3.8, 4) is 0 Å². The van der Waals surface area contributed by atoms with E-state index in [-0.39, 0.29) is 22.4 Å². The van der Waals surface area contributed by atoms with Gasteiger partial charge < -0.3 is 9.64 Å². The van der Waals surface area contributed by atoms with Crippen LogP contribution in [0.15, 0.2) is 77.7 Å². The highest BCUT2D eigenvalue weighted by molar-refractivity contribution is 7.92. The molecule has 0 bridgehead atoms. The van der Waals surface area contributed by atoms with E-state index < -0.39 is 22.6 Å². The first kappa shape index (κ1) is 23.1. The lowest BCUT2D eigenvalue weighted by molar-refractivity contribution is -0.121. The largest absolute Gasteiger partial charge is 0.452 e. The van der Waals surface area contributed by atoms with Gasteiger partial charge in [0.25, 0.3) is 15.9 Å². The predicted octanol–water partition coefficient (Wildman–Crippen LogP) is 3.96. The van der Waals surface area contributed by atoms with Gasteiger partial charge in [-0.05, 0) is 67.6 Å². The molecule has 3 aromatic carbocycles. The Morgan fingerprint density at radius 1 is 0.943 bits per heavy atom. The second kappa shape index (κ2) is 9.19. The van der Waals surface area contributed by atoms with Crippen molar-refractivity contribution in [2.75, 3.05) is 22.4 Å². The molecule has 0 N–H and O–H groups in total. The Morgan fingerprint density at radius 3 is 2.46 bits per heavy atom. The summed E-state index contributed by atoms with van der Waals surface area (Å²) in [5, 5.41) is 0. The van der Waals surface area contributed by atoms with Crippen LogP contribution in [0.5, 0.6) is 0 Å². The number of esters is 1. The standard InChI is InChI=1S/C27H26N2O5S/c1-19-16-21-9-3-5-14-25(21)29(19)35(32,33)23-12-6-10-22(17-23)27(31)34-18-26(30)28-15-7-11-20-8-2-4-13-24(20)28/h2-6,8-10,12-14,17,19H,7,11,15-16,18H2,1H3. The van der Waals surface area contributed by atoms with Gasteiger partial charge in [0.2, 0.25) is 0 Å². The van der Waals surface area contributed by atoms with Gasteiger partial charge in [0.05, 0.1) is 16.1 Å². The summed E-state index contributed by atoms with van der Waals surface area (Å²) >= 11 is 0. The van der Waals surface area contributed by atoms with Gasteiger partial charge in [-0.3, -0.25) is 9.10 Å². The molecule has 180 valence electrons. The van der Waals surface area contributed by atoms with Crippen molar-refractivity contribution < 1.29 is 22.7 Å². The second-order valence-corrected chi connectivity index (χ2v) is 10.7. The van der Waals surface area contributed by atoms with Gasteiger partial charge in [-0.25, -0.2) is 13.2 Å². The first-order chi connectivity index (χ1) is 16.9. The molecule has 2 aliphatic rings. The monoisotopic (exact) mass is 490 g/mol. The van der Waals surface area contributed by atoms with Crippen molar-refractivity contribution in [2.24, 2.45) is 0 Å². The van der Waals surface area contributed by atoms with Crippen LogP contribution in [0.25, 0.3) is 0 Å². The van der Waals surface area contributed by atoms with Crippen LogP contribution >= 0.6 is 0 Å². The molecular weight excluding hydrogens is 464 g/mol. The molecule has 7 nitrogen and oxygen atoms in total. The molecular formula is C27H26N2O5S. The van der Waals surface area contributed by atoms with Gasteiger partial charge in [0.15, 0.2) is 6.61 Å². The number of para-hydroxylation sites is 2. The molecule has 35 heavy (non-hydrogen) atoms. The van der Waals surface area contributed by atoms with Crippen LogP contribution in [0.4, 0.5) is 11.4 Å². The third-order valence-corrected chi connectivity index (χ3v) is 8.43. The lowest BCUT2D eigenvalue weighted by Crippen LogP contribution is -2.38. The zero-order chi connectivity index (χ0) is 24.6. The number of anilines is 2. The van der Waals surface area contributed by atoms with Crippen LogP contribution in [0.3, 0.4) is 0 Å². The van der Waals surface area contributed by atoms with E-state index in [9.17, 15) is 18.0 Å². The number of benzene rings is 3. The van der Waals surface area contributed by atoms with Gasteiger partial charge in [-0.15, -0.1) is 0 Å². The van der Waals surface area contributed by atoms with Crippen LogP contribution in [0.1, 0.15) is 34.8 Å². The fourth-order valence-electron chi connectivity index (χ4n) is 4.88. The zero-order valence-electron chi connectivity index (χ0n) is 19.4. The normalized spacial score (nSPS) is 17.0. The number of aryl methyl sites for hydroxylation is 1. The summed E-state index contributed by atoms with van der Waals surface area (Å²) in [5.41, 5.74) is 3.64. The van der Waals surface area contributed by atoms with E-state index in [1.807, 2.05) is 49.4 Å². The van der Waals surface area contributed by atoms with Crippen LogP contribution in [-0.2, 0) is 32.4 Å². The maximum Gasteiger partial charge on any atom is 0.338 e. The van der Waals surface area contributed by atoms with Gasteiger partial charge in [-0.1, -0.05) is 42.5 Å². The summed E-state index contributed by atoms with van der Waals surface area (Å²) in [5.74, 6) is -1.05. The summed E-state index contributed by atoms with van der Waals surface area (Å²) in [7, 11) is -3.89. The fourth-order valence-corrected chi connectivity index (χ4v) is 6.62. The molecule has 1 unspecified atom stereocenters. The summed E-state index contributed by atoms with van der Waals surface area (Å²) < 4.78 is 33.7. The number of ether oxygens (including phenoxy) is 1. The third kappa shape index (κ3) is 4.30. The van der Waals surface area contributed by atoms with E-state index in [1.165, 1.54) is 28.6 Å². The van der Waals surface area contributed by atoms with E-state index in [4.69, 9.17) is 4.74 Å². The van der Waals surface area contributed by atoms with Gasteiger partial charge in [-0.2, -0.15) is 0 Å². The molecule has 0 spiro atoms. The van der Waals surface area contributed by atoms with Crippen molar-refractivity contribution in [3.05, 3.63) is 89.5 Å². The van der Waals surface area contributed by atoms with Crippen molar-refractivity contribution in [1.29, 1.82) is 0 Å². The number of carbonyl (C=O) groups is 2. The maximum absolute atomic E-state index is 13.5. The number of hydrogen-bond donors (Lipinski definition) is 0. The molecule has 5 rings (SSSR count). The van der Waals surface area contributed by atoms with Crippen molar-refractivity contribution in [2.45, 2.75) is 37.1 Å². The fraction of sp³-hybridized carbons (Fsp3) is 0.259. The number of fused-ring (bicyclic) bond motifs is 2. The molecule has 2 aliphatic heterocycles. The SMILES string of the molecule is CC1Cc2ccccc2N1S(=O)(=O)c1cccc(C(=O)OCC(=O)N2CCCc3ccccc32)c1. The topological polar surface area (TPSA) is 84.0 Å². The van der Waals surface area contributed by atoms with Gasteiger partial charge in [0, 0.05) is 18.3 Å². The Labute approximate surface area is 205 Å². The summed E-state index contributed by atoms with van der Waals surface area (Å²) in [6.45, 7) is 2.01. The molecule has 3 aromatic rings. The number of carbonyl (C=O) groups excluding carboxylic acids is 2. The van der Waals surface area contributed by atoms with Crippen molar-refractivity contribution in [3.63, 3.8) is 0 Å². The quantitative estimate of drug-likeness (QED) is 0.506. The van der Waals surface area contributed by atoms with Crippen molar-refractivity contribution in [1.82, 2.24) is 0 Å². The first-order valence-corrected chi connectivity index (χ1v) is 13.1. The van der Waals surface area contributed by atoms with Crippen LogP contribution < -0.4 is 9.21 Å². The Hall–Kier alpha value is -3.65. The van der Waals surface area contributed by atoms with Crippen LogP contribution in [-0.4, -0.2) is 39.5 Å². The average molecular weight is 491 g/mol. The first-order valence-electron chi connectivity index (χ1n) is 11.6. The minimum Gasteiger partial charge on any atom is -0.452 e. The van der Waals surface area contributed by atoms with Gasteiger partial charge >= 0.3 is 5.97 Å². The van der Waals surface area contributed by atoms with Crippen LogP contribution in [0.2, 0.25) is 0 Å². The molecule has 0 fully saturated rings. The third-order valence-electron chi connectivity index (χ3n) is 6.51. The molecule has 2 heterocycles. The Bertz CT molecular complexity index is 1400. The van der Waals surface area contributed by atoms with E-state index >= 15 is 0 Å². The Kier molecular flexibility index (Phi) is 6.06. The summed E-state index contributed by atoms with van der Waals surface area (Å²) in [6.07, 6.45) is 2.37. The smallest absolute Gasteiger partial charge is 0.338 e. The minimum atomic E-state index is -3.89. The molecule has 0 saturated carbocycles. The Balaban J connectivity index is 1.31. The minimum absolute atomic E-state index is 0.00628. The molecule has 0 saturated heterocycles. The molecule has 1 atom stereocenters. The van der Waals surface area contributed by atoms with Gasteiger partial charge in [0.1, 0.15) is 0 Å². The lowest BCUT2D eigenvalue weighted by Gasteiger charge is -2.29. The Morgan fingerprint density at radius 2 is 1.66 bits per heavy atom. The second-order valence-electron chi connectivity index (χ2n) is 8.86.